The summed E-state index contributed by atoms with van der Waals surface area (Å²) in [6.45, 7) is 6.94. The fraction of sp³-hybridized carbons (Fsp3) is 1.00. The van der Waals surface area contributed by atoms with Crippen LogP contribution < -0.4 is 0 Å². The van der Waals surface area contributed by atoms with Crippen LogP contribution in [0.15, 0.2) is 0 Å². The molecule has 12 heavy (non-hydrogen) atoms. The largest absolute Gasteiger partial charge is 0.377 e. The van der Waals surface area contributed by atoms with E-state index in [0.29, 0.717) is 6.10 Å². The van der Waals surface area contributed by atoms with Crippen molar-refractivity contribution in [2.75, 3.05) is 26.2 Å². The van der Waals surface area contributed by atoms with Gasteiger partial charge in [0.1, 0.15) is 0 Å². The predicted molar refractivity (Wildman–Crippen MR) is 49.2 cm³/mol. The van der Waals surface area contributed by atoms with Gasteiger partial charge >= 0.3 is 0 Å². The highest BCUT2D eigenvalue weighted by Gasteiger charge is 2.35. The van der Waals surface area contributed by atoms with E-state index in [-0.39, 0.29) is 0 Å². The Labute approximate surface area is 74.9 Å². The van der Waals surface area contributed by atoms with E-state index < -0.39 is 0 Å². The lowest BCUT2D eigenvalue weighted by molar-refractivity contribution is 0.0365. The molecule has 70 valence electrons. The summed E-state index contributed by atoms with van der Waals surface area (Å²) in [5.41, 5.74) is 0. The molecular weight excluding hydrogens is 150 g/mol. The van der Waals surface area contributed by atoms with Crippen molar-refractivity contribution in [3.63, 3.8) is 0 Å². The molecule has 2 heterocycles. The zero-order valence-electron chi connectivity index (χ0n) is 7.96. The van der Waals surface area contributed by atoms with E-state index >= 15 is 0 Å². The number of hydrogen-bond acceptors (Lipinski definition) is 2. The van der Waals surface area contributed by atoms with Crippen molar-refractivity contribution in [1.29, 1.82) is 0 Å². The van der Waals surface area contributed by atoms with Gasteiger partial charge in [0, 0.05) is 19.7 Å². The number of hydrogen-bond donors (Lipinski definition) is 0. The first-order valence-corrected chi connectivity index (χ1v) is 5.24. The van der Waals surface area contributed by atoms with Gasteiger partial charge in [-0.2, -0.15) is 0 Å². The first-order chi connectivity index (χ1) is 5.90. The molecule has 2 nitrogen and oxygen atoms in total. The average Bonchev–Trinajstić information content (AvgIpc) is 2.38. The predicted octanol–water partition coefficient (Wildman–Crippen LogP) is 1.51. The van der Waals surface area contributed by atoms with Gasteiger partial charge in [-0.15, -0.1) is 0 Å². The highest BCUT2D eigenvalue weighted by atomic mass is 16.5. The van der Waals surface area contributed by atoms with Gasteiger partial charge in [0.05, 0.1) is 6.10 Å². The molecule has 0 amide bonds. The molecule has 0 aromatic carbocycles. The maximum atomic E-state index is 5.82. The molecule has 2 aliphatic heterocycles. The zero-order valence-corrected chi connectivity index (χ0v) is 7.96. The smallest absolute Gasteiger partial charge is 0.0742 e. The molecule has 0 spiro atoms. The molecule has 3 atom stereocenters. The lowest BCUT2D eigenvalue weighted by Gasteiger charge is -2.21. The Hall–Kier alpha value is -0.0800. The number of rotatable bonds is 3. The van der Waals surface area contributed by atoms with Crippen LogP contribution in [0.5, 0.6) is 0 Å². The third kappa shape index (κ3) is 1.64. The lowest BCUT2D eigenvalue weighted by Crippen LogP contribution is -2.25. The van der Waals surface area contributed by atoms with Gasteiger partial charge in [-0.1, -0.05) is 6.92 Å². The molecule has 0 radical (unpaired) electrons. The monoisotopic (exact) mass is 169 g/mol. The Bertz CT molecular complexity index is 149. The van der Waals surface area contributed by atoms with E-state index in [9.17, 15) is 0 Å². The molecule has 0 aromatic heterocycles. The van der Waals surface area contributed by atoms with Crippen molar-refractivity contribution in [3.8, 4) is 0 Å². The Kier molecular flexibility index (Phi) is 2.66. The molecule has 2 heteroatoms. The molecule has 0 N–H and O–H groups in total. The van der Waals surface area contributed by atoms with E-state index in [0.717, 1.165) is 18.9 Å². The molecule has 3 unspecified atom stereocenters. The van der Waals surface area contributed by atoms with E-state index in [1.165, 1.54) is 32.5 Å². The molecule has 2 bridgehead atoms. The molecular formula is C10H19NO. The van der Waals surface area contributed by atoms with Gasteiger partial charge in [0.2, 0.25) is 0 Å². The van der Waals surface area contributed by atoms with Crippen LogP contribution in [0.4, 0.5) is 0 Å². The van der Waals surface area contributed by atoms with Crippen molar-refractivity contribution in [2.45, 2.75) is 32.3 Å². The van der Waals surface area contributed by atoms with Crippen LogP contribution in [0.25, 0.3) is 0 Å². The average molecular weight is 169 g/mol. The maximum Gasteiger partial charge on any atom is 0.0742 e. The Morgan fingerprint density at radius 1 is 1.42 bits per heavy atom. The Morgan fingerprint density at radius 3 is 3.08 bits per heavy atom. The van der Waals surface area contributed by atoms with E-state index in [2.05, 4.69) is 11.8 Å². The second kappa shape index (κ2) is 3.75. The van der Waals surface area contributed by atoms with Crippen LogP contribution in [0, 0.1) is 5.92 Å². The van der Waals surface area contributed by atoms with Gasteiger partial charge < -0.3 is 9.64 Å². The number of nitrogens with zero attached hydrogens (tertiary/aromatic N) is 1. The van der Waals surface area contributed by atoms with Crippen molar-refractivity contribution in [3.05, 3.63) is 0 Å². The molecule has 2 saturated heterocycles. The van der Waals surface area contributed by atoms with E-state index in [4.69, 9.17) is 4.74 Å². The second-order valence-corrected chi connectivity index (χ2v) is 4.07. The minimum atomic E-state index is 0.562. The summed E-state index contributed by atoms with van der Waals surface area (Å²) in [5, 5.41) is 0. The van der Waals surface area contributed by atoms with Crippen LogP contribution in [0.3, 0.4) is 0 Å². The SMILES string of the molecule is CCCOC1CN2CCCC1C2. The van der Waals surface area contributed by atoms with Crippen molar-refractivity contribution < 1.29 is 4.74 Å². The van der Waals surface area contributed by atoms with Crippen LogP contribution in [0.1, 0.15) is 26.2 Å². The van der Waals surface area contributed by atoms with Crippen molar-refractivity contribution in [2.24, 2.45) is 5.92 Å². The fourth-order valence-corrected chi connectivity index (χ4v) is 2.42. The molecule has 2 fully saturated rings. The zero-order chi connectivity index (χ0) is 8.39. The molecule has 2 aliphatic rings. The second-order valence-electron chi connectivity index (χ2n) is 4.07. The minimum Gasteiger partial charge on any atom is -0.377 e. The molecule has 0 aliphatic carbocycles. The lowest BCUT2D eigenvalue weighted by atomic mass is 9.99. The Balaban J connectivity index is 1.83. The number of fused-ring (bicyclic) bond motifs is 2. The van der Waals surface area contributed by atoms with Crippen LogP contribution >= 0.6 is 0 Å². The topological polar surface area (TPSA) is 12.5 Å². The fourth-order valence-electron chi connectivity index (χ4n) is 2.42. The van der Waals surface area contributed by atoms with Crippen molar-refractivity contribution >= 4 is 0 Å². The van der Waals surface area contributed by atoms with Gasteiger partial charge in [-0.25, -0.2) is 0 Å². The standard InChI is InChI=1S/C10H19NO/c1-2-6-12-10-8-11-5-3-4-9(10)7-11/h9-10H,2-8H2,1H3. The summed E-state index contributed by atoms with van der Waals surface area (Å²) >= 11 is 0. The van der Waals surface area contributed by atoms with Crippen molar-refractivity contribution in [1.82, 2.24) is 4.90 Å². The normalized spacial score (nSPS) is 40.2. The molecule has 2 rings (SSSR count). The summed E-state index contributed by atoms with van der Waals surface area (Å²) in [6, 6.07) is 0. The highest BCUT2D eigenvalue weighted by Crippen LogP contribution is 2.28. The van der Waals surface area contributed by atoms with Gasteiger partial charge in [-0.3, -0.25) is 0 Å². The quantitative estimate of drug-likeness (QED) is 0.635. The third-order valence-electron chi connectivity index (χ3n) is 3.04. The highest BCUT2D eigenvalue weighted by molar-refractivity contribution is 4.88. The third-order valence-corrected chi connectivity index (χ3v) is 3.04. The van der Waals surface area contributed by atoms with Gasteiger partial charge in [0.25, 0.3) is 0 Å². The summed E-state index contributed by atoms with van der Waals surface area (Å²) in [4.78, 5) is 2.55. The summed E-state index contributed by atoms with van der Waals surface area (Å²) < 4.78 is 5.82. The van der Waals surface area contributed by atoms with E-state index in [1.54, 1.807) is 0 Å². The first kappa shape index (κ1) is 8.52. The first-order valence-electron chi connectivity index (χ1n) is 5.24. The van der Waals surface area contributed by atoms with E-state index in [1.807, 2.05) is 0 Å². The number of piperidine rings is 1. The van der Waals surface area contributed by atoms with Gasteiger partial charge in [-0.05, 0) is 31.7 Å². The summed E-state index contributed by atoms with van der Waals surface area (Å²) in [7, 11) is 0. The molecule has 0 aromatic rings. The van der Waals surface area contributed by atoms with Crippen LogP contribution in [0.2, 0.25) is 0 Å². The summed E-state index contributed by atoms with van der Waals surface area (Å²) in [5.74, 6) is 0.852. The Morgan fingerprint density at radius 2 is 2.33 bits per heavy atom. The van der Waals surface area contributed by atoms with Gasteiger partial charge in [0.15, 0.2) is 0 Å². The van der Waals surface area contributed by atoms with Crippen LogP contribution in [-0.2, 0) is 4.74 Å². The van der Waals surface area contributed by atoms with Crippen LogP contribution in [-0.4, -0.2) is 37.2 Å². The number of ether oxygens (including phenoxy) is 1. The minimum absolute atomic E-state index is 0.562. The maximum absolute atomic E-state index is 5.82. The molecule has 0 saturated carbocycles. The summed E-state index contributed by atoms with van der Waals surface area (Å²) in [6.07, 6.45) is 4.50.